The maximum Gasteiger partial charge on any atom is 0.326 e. The van der Waals surface area contributed by atoms with Gasteiger partial charge in [0.25, 0.3) is 0 Å². The molecule has 3 N–H and O–H groups in total. The van der Waals surface area contributed by atoms with Crippen molar-refractivity contribution in [3.05, 3.63) is 28.2 Å². The molecule has 1 aromatic carbocycles. The molecule has 1 atom stereocenters. The summed E-state index contributed by atoms with van der Waals surface area (Å²) < 4.78 is 0.882. The average Bonchev–Trinajstić information content (AvgIpc) is 2.38. The third-order valence-corrected chi connectivity index (χ3v) is 4.14. The first-order chi connectivity index (χ1) is 9.43. The van der Waals surface area contributed by atoms with Crippen LogP contribution < -0.4 is 10.6 Å². The molecule has 0 radical (unpaired) electrons. The van der Waals surface area contributed by atoms with Gasteiger partial charge >= 0.3 is 12.0 Å². The number of hydrogen-bond acceptors (Lipinski definition) is 3. The Morgan fingerprint density at radius 1 is 1.45 bits per heavy atom. The van der Waals surface area contributed by atoms with E-state index in [0.29, 0.717) is 17.9 Å². The highest BCUT2D eigenvalue weighted by Crippen LogP contribution is 2.20. The van der Waals surface area contributed by atoms with Crippen molar-refractivity contribution in [2.24, 2.45) is 0 Å². The third-order valence-electron chi connectivity index (χ3n) is 2.64. The molecular weight excluding hydrogens is 344 g/mol. The molecule has 0 aliphatic heterocycles. The molecule has 1 unspecified atom stereocenters. The smallest absolute Gasteiger partial charge is 0.326 e. The van der Waals surface area contributed by atoms with Gasteiger partial charge in [-0.25, -0.2) is 9.59 Å². The molecule has 0 aromatic heterocycles. The average molecular weight is 361 g/mol. The maximum atomic E-state index is 11.8. The molecule has 0 aliphatic rings. The number of thioether (sulfide) groups is 1. The summed E-state index contributed by atoms with van der Waals surface area (Å²) in [5.74, 6) is -0.355. The molecule has 0 heterocycles. The van der Waals surface area contributed by atoms with Crippen molar-refractivity contribution in [3.63, 3.8) is 0 Å². The van der Waals surface area contributed by atoms with Gasteiger partial charge < -0.3 is 15.7 Å². The van der Waals surface area contributed by atoms with E-state index in [4.69, 9.17) is 5.11 Å². The lowest BCUT2D eigenvalue weighted by Crippen LogP contribution is -2.43. The van der Waals surface area contributed by atoms with E-state index in [1.165, 1.54) is 0 Å². The van der Waals surface area contributed by atoms with E-state index < -0.39 is 18.0 Å². The number of halogens is 1. The Morgan fingerprint density at radius 2 is 2.15 bits per heavy atom. The van der Waals surface area contributed by atoms with Crippen molar-refractivity contribution in [1.82, 2.24) is 5.32 Å². The van der Waals surface area contributed by atoms with Crippen molar-refractivity contribution < 1.29 is 14.7 Å². The number of amides is 2. The van der Waals surface area contributed by atoms with Crippen molar-refractivity contribution >= 4 is 45.4 Å². The van der Waals surface area contributed by atoms with Crippen LogP contribution in [0.4, 0.5) is 10.5 Å². The summed E-state index contributed by atoms with van der Waals surface area (Å²) in [6.07, 6.45) is 2.28. The largest absolute Gasteiger partial charge is 0.480 e. The Morgan fingerprint density at radius 3 is 2.70 bits per heavy atom. The van der Waals surface area contributed by atoms with Crippen LogP contribution in [0.15, 0.2) is 22.7 Å². The fourth-order valence-corrected chi connectivity index (χ4v) is 2.34. The van der Waals surface area contributed by atoms with Crippen LogP contribution in [0.2, 0.25) is 0 Å². The normalized spacial score (nSPS) is 11.8. The summed E-state index contributed by atoms with van der Waals surface area (Å²) in [5.41, 5.74) is 1.66. The van der Waals surface area contributed by atoms with Gasteiger partial charge in [0, 0.05) is 10.2 Å². The van der Waals surface area contributed by atoms with E-state index in [-0.39, 0.29) is 0 Å². The third kappa shape index (κ3) is 5.42. The molecule has 0 bridgehead atoms. The lowest BCUT2D eigenvalue weighted by atomic mass is 10.2. The van der Waals surface area contributed by atoms with Crippen LogP contribution in [0, 0.1) is 6.92 Å². The van der Waals surface area contributed by atoms with Crippen LogP contribution in [0.5, 0.6) is 0 Å². The van der Waals surface area contributed by atoms with Gasteiger partial charge in [0.1, 0.15) is 6.04 Å². The van der Waals surface area contributed by atoms with Gasteiger partial charge in [-0.05, 0) is 43.0 Å². The van der Waals surface area contributed by atoms with Crippen LogP contribution in [0.1, 0.15) is 12.0 Å². The van der Waals surface area contributed by atoms with Crippen LogP contribution in [0.3, 0.4) is 0 Å². The maximum absolute atomic E-state index is 11.8. The predicted molar refractivity (Wildman–Crippen MR) is 85.5 cm³/mol. The van der Waals surface area contributed by atoms with Crippen molar-refractivity contribution in [2.75, 3.05) is 17.3 Å². The van der Waals surface area contributed by atoms with E-state index in [1.807, 2.05) is 19.2 Å². The number of aryl methyl sites for hydroxylation is 1. The number of hydrogen-bond donors (Lipinski definition) is 3. The van der Waals surface area contributed by atoms with Gasteiger partial charge in [-0.3, -0.25) is 0 Å². The number of carboxylic acid groups (broad SMARTS) is 1. The van der Waals surface area contributed by atoms with Gasteiger partial charge in [0.2, 0.25) is 0 Å². The number of benzene rings is 1. The topological polar surface area (TPSA) is 78.4 Å². The Kier molecular flexibility index (Phi) is 6.87. The molecule has 5 nitrogen and oxygen atoms in total. The van der Waals surface area contributed by atoms with Crippen molar-refractivity contribution in [2.45, 2.75) is 19.4 Å². The number of carboxylic acids is 1. The zero-order valence-electron chi connectivity index (χ0n) is 11.3. The van der Waals surface area contributed by atoms with Gasteiger partial charge in [-0.2, -0.15) is 11.8 Å². The molecule has 20 heavy (non-hydrogen) atoms. The zero-order chi connectivity index (χ0) is 15.1. The number of aliphatic carboxylic acids is 1. The van der Waals surface area contributed by atoms with Gasteiger partial charge in [-0.15, -0.1) is 0 Å². The number of carbonyl (C=O) groups is 2. The number of rotatable bonds is 6. The van der Waals surface area contributed by atoms with Crippen molar-refractivity contribution in [3.8, 4) is 0 Å². The SMILES string of the molecule is CSCCC(NC(=O)Nc1ccc(C)c(Br)c1)C(=O)O. The summed E-state index contributed by atoms with van der Waals surface area (Å²) in [5, 5.41) is 14.1. The molecule has 1 rings (SSSR count). The fraction of sp³-hybridized carbons (Fsp3) is 0.385. The standard InChI is InChI=1S/C13H17BrN2O3S/c1-8-3-4-9(7-10(8)14)15-13(19)16-11(12(17)18)5-6-20-2/h3-4,7,11H,5-6H2,1-2H3,(H,17,18)(H2,15,16,19). The molecular formula is C13H17BrN2O3S. The summed E-state index contributed by atoms with van der Waals surface area (Å²) in [6, 6.07) is 4.00. The summed E-state index contributed by atoms with van der Waals surface area (Å²) in [4.78, 5) is 22.8. The molecule has 2 amide bonds. The minimum atomic E-state index is -1.03. The number of anilines is 1. The number of carbonyl (C=O) groups excluding carboxylic acids is 1. The number of urea groups is 1. The van der Waals surface area contributed by atoms with Crippen molar-refractivity contribution in [1.29, 1.82) is 0 Å². The van der Waals surface area contributed by atoms with Crippen LogP contribution in [-0.2, 0) is 4.79 Å². The lowest BCUT2D eigenvalue weighted by Gasteiger charge is -2.15. The Balaban J connectivity index is 2.60. The zero-order valence-corrected chi connectivity index (χ0v) is 13.7. The van der Waals surface area contributed by atoms with E-state index in [9.17, 15) is 9.59 Å². The molecule has 0 spiro atoms. The van der Waals surface area contributed by atoms with Gasteiger partial charge in [0.15, 0.2) is 0 Å². The fourth-order valence-electron chi connectivity index (χ4n) is 1.49. The lowest BCUT2D eigenvalue weighted by molar-refractivity contribution is -0.139. The second-order valence-corrected chi connectivity index (χ2v) is 6.07. The monoisotopic (exact) mass is 360 g/mol. The first kappa shape index (κ1) is 16.8. The van der Waals surface area contributed by atoms with E-state index in [1.54, 1.807) is 23.9 Å². The van der Waals surface area contributed by atoms with E-state index in [0.717, 1.165) is 10.0 Å². The minimum Gasteiger partial charge on any atom is -0.480 e. The first-order valence-electron chi connectivity index (χ1n) is 5.99. The molecule has 110 valence electrons. The predicted octanol–water partition coefficient (Wildman–Crippen LogP) is 3.09. The Labute approximate surface area is 130 Å². The first-order valence-corrected chi connectivity index (χ1v) is 8.18. The van der Waals surface area contributed by atoms with Crippen LogP contribution >= 0.6 is 27.7 Å². The van der Waals surface area contributed by atoms with E-state index in [2.05, 4.69) is 26.6 Å². The highest BCUT2D eigenvalue weighted by molar-refractivity contribution is 9.10. The van der Waals surface area contributed by atoms with E-state index >= 15 is 0 Å². The molecule has 0 fully saturated rings. The Bertz CT molecular complexity index is 497. The van der Waals surface area contributed by atoms with Crippen LogP contribution in [0.25, 0.3) is 0 Å². The Hall–Kier alpha value is -1.21. The number of nitrogens with one attached hydrogen (secondary N) is 2. The summed E-state index contributed by atoms with van der Waals surface area (Å²) in [6.45, 7) is 1.94. The molecule has 0 saturated heterocycles. The second kappa shape index (κ2) is 8.16. The molecule has 0 saturated carbocycles. The second-order valence-electron chi connectivity index (χ2n) is 4.23. The highest BCUT2D eigenvalue weighted by atomic mass is 79.9. The molecule has 0 aliphatic carbocycles. The van der Waals surface area contributed by atoms with Crippen LogP contribution in [-0.4, -0.2) is 35.2 Å². The molecule has 1 aromatic rings. The highest BCUT2D eigenvalue weighted by Gasteiger charge is 2.19. The van der Waals surface area contributed by atoms with Gasteiger partial charge in [0.05, 0.1) is 0 Å². The van der Waals surface area contributed by atoms with Gasteiger partial charge in [-0.1, -0.05) is 22.0 Å². The minimum absolute atomic E-state index is 0.390. The summed E-state index contributed by atoms with van der Waals surface area (Å²) >= 11 is 4.92. The molecule has 7 heteroatoms. The summed E-state index contributed by atoms with van der Waals surface area (Å²) in [7, 11) is 0. The quantitative estimate of drug-likeness (QED) is 0.728.